The Morgan fingerprint density at radius 1 is 0.889 bits per heavy atom. The minimum atomic E-state index is -0.954. The van der Waals surface area contributed by atoms with Crippen LogP contribution >= 0.6 is 15.9 Å². The molecule has 0 aromatic heterocycles. The van der Waals surface area contributed by atoms with Crippen LogP contribution in [0.2, 0.25) is 0 Å². The van der Waals surface area contributed by atoms with E-state index >= 15 is 0 Å². The SMILES string of the molecule is COc1cc(OC)cc(C(=O)Nc2cccc(NC(=O)N3CCC(O)(c4ccc(Br)cc4)CC3)c2)c1. The number of benzene rings is 3. The first-order valence-electron chi connectivity index (χ1n) is 11.5. The van der Waals surface area contributed by atoms with Crippen molar-refractivity contribution in [1.82, 2.24) is 4.90 Å². The van der Waals surface area contributed by atoms with Gasteiger partial charge in [-0.2, -0.15) is 0 Å². The molecular formula is C27H28BrN3O5. The van der Waals surface area contributed by atoms with Crippen LogP contribution in [0.25, 0.3) is 0 Å². The van der Waals surface area contributed by atoms with E-state index in [0.29, 0.717) is 54.4 Å². The normalized spacial score (nSPS) is 14.6. The van der Waals surface area contributed by atoms with Crippen LogP contribution in [-0.4, -0.2) is 49.3 Å². The molecule has 0 bridgehead atoms. The van der Waals surface area contributed by atoms with Crippen LogP contribution < -0.4 is 20.1 Å². The average Bonchev–Trinajstić information content (AvgIpc) is 2.89. The molecule has 0 spiro atoms. The first-order valence-corrected chi connectivity index (χ1v) is 12.3. The zero-order chi connectivity index (χ0) is 25.7. The smallest absolute Gasteiger partial charge is 0.321 e. The third kappa shape index (κ3) is 5.98. The van der Waals surface area contributed by atoms with Crippen molar-refractivity contribution < 1.29 is 24.2 Å². The predicted molar refractivity (Wildman–Crippen MR) is 142 cm³/mol. The number of hydrogen-bond donors (Lipinski definition) is 3. The Bertz CT molecular complexity index is 1220. The Morgan fingerprint density at radius 2 is 1.47 bits per heavy atom. The maximum atomic E-state index is 12.9. The molecule has 0 unspecified atom stereocenters. The second-order valence-electron chi connectivity index (χ2n) is 8.59. The Kier molecular flexibility index (Phi) is 7.81. The molecule has 1 aliphatic heterocycles. The molecule has 0 saturated carbocycles. The van der Waals surface area contributed by atoms with Crippen molar-refractivity contribution in [2.24, 2.45) is 0 Å². The fraction of sp³-hybridized carbons (Fsp3) is 0.259. The predicted octanol–water partition coefficient (Wildman–Crippen LogP) is 5.23. The van der Waals surface area contributed by atoms with Gasteiger partial charge in [-0.1, -0.05) is 34.1 Å². The van der Waals surface area contributed by atoms with Gasteiger partial charge in [0.2, 0.25) is 0 Å². The van der Waals surface area contributed by atoms with Crippen molar-refractivity contribution >= 4 is 39.2 Å². The third-order valence-corrected chi connectivity index (χ3v) is 6.77. The van der Waals surface area contributed by atoms with E-state index in [1.54, 1.807) is 47.4 Å². The monoisotopic (exact) mass is 553 g/mol. The lowest BCUT2D eigenvalue weighted by Crippen LogP contribution is -2.46. The number of hydrogen-bond acceptors (Lipinski definition) is 5. The number of halogens is 1. The number of likely N-dealkylation sites (tertiary alicyclic amines) is 1. The zero-order valence-corrected chi connectivity index (χ0v) is 21.7. The number of rotatable bonds is 6. The molecule has 1 heterocycles. The van der Waals surface area contributed by atoms with Gasteiger partial charge >= 0.3 is 6.03 Å². The first kappa shape index (κ1) is 25.5. The number of carbonyl (C=O) groups is 2. The average molecular weight is 554 g/mol. The molecule has 8 nitrogen and oxygen atoms in total. The number of amides is 3. The summed E-state index contributed by atoms with van der Waals surface area (Å²) in [6.45, 7) is 0.846. The van der Waals surface area contributed by atoms with Gasteiger partial charge in [-0.25, -0.2) is 4.79 Å². The van der Waals surface area contributed by atoms with Gasteiger partial charge in [0.25, 0.3) is 5.91 Å². The maximum Gasteiger partial charge on any atom is 0.321 e. The summed E-state index contributed by atoms with van der Waals surface area (Å²) >= 11 is 3.41. The van der Waals surface area contributed by atoms with Crippen LogP contribution in [0.3, 0.4) is 0 Å². The van der Waals surface area contributed by atoms with Crippen molar-refractivity contribution in [3.8, 4) is 11.5 Å². The van der Waals surface area contributed by atoms with Crippen molar-refractivity contribution in [2.75, 3.05) is 37.9 Å². The quantitative estimate of drug-likeness (QED) is 0.388. The first-order chi connectivity index (χ1) is 17.3. The standard InChI is InChI=1S/C27H28BrN3O5/c1-35-23-14-18(15-24(17-23)36-2)25(32)29-21-4-3-5-22(16-21)30-26(33)31-12-10-27(34,11-13-31)19-6-8-20(28)9-7-19/h3-9,14-17,34H,10-13H2,1-2H3,(H,29,32)(H,30,33). The van der Waals surface area contributed by atoms with E-state index in [-0.39, 0.29) is 11.9 Å². The van der Waals surface area contributed by atoms with E-state index in [0.717, 1.165) is 10.0 Å². The van der Waals surface area contributed by atoms with Gasteiger partial charge < -0.3 is 30.1 Å². The summed E-state index contributed by atoms with van der Waals surface area (Å²) in [5, 5.41) is 16.8. The minimum Gasteiger partial charge on any atom is -0.497 e. The number of urea groups is 1. The molecule has 1 saturated heterocycles. The van der Waals surface area contributed by atoms with Crippen LogP contribution in [0.1, 0.15) is 28.8 Å². The van der Waals surface area contributed by atoms with Gasteiger partial charge in [-0.3, -0.25) is 4.79 Å². The lowest BCUT2D eigenvalue weighted by Gasteiger charge is -2.38. The van der Waals surface area contributed by atoms with Crippen LogP contribution in [0, 0.1) is 0 Å². The highest BCUT2D eigenvalue weighted by molar-refractivity contribution is 9.10. The summed E-state index contributed by atoms with van der Waals surface area (Å²) in [5.41, 5.74) is 1.36. The number of piperidine rings is 1. The highest BCUT2D eigenvalue weighted by Gasteiger charge is 2.35. The van der Waals surface area contributed by atoms with Crippen molar-refractivity contribution in [3.05, 3.63) is 82.3 Å². The molecule has 0 atom stereocenters. The largest absolute Gasteiger partial charge is 0.497 e. The summed E-state index contributed by atoms with van der Waals surface area (Å²) < 4.78 is 11.4. The van der Waals surface area contributed by atoms with E-state index in [1.165, 1.54) is 14.2 Å². The number of nitrogens with one attached hydrogen (secondary N) is 2. The molecule has 4 rings (SSSR count). The molecule has 1 fully saturated rings. The summed E-state index contributed by atoms with van der Waals surface area (Å²) in [6, 6.07) is 19.2. The number of aliphatic hydroxyl groups is 1. The molecule has 9 heteroatoms. The highest BCUT2D eigenvalue weighted by atomic mass is 79.9. The van der Waals surface area contributed by atoms with E-state index in [1.807, 2.05) is 24.3 Å². The highest BCUT2D eigenvalue weighted by Crippen LogP contribution is 2.33. The number of carbonyl (C=O) groups excluding carboxylic acids is 2. The lowest BCUT2D eigenvalue weighted by atomic mass is 9.84. The summed E-state index contributed by atoms with van der Waals surface area (Å²) in [6.07, 6.45) is 0.893. The molecule has 0 aliphatic carbocycles. The van der Waals surface area contributed by atoms with Crippen molar-refractivity contribution in [2.45, 2.75) is 18.4 Å². The topological polar surface area (TPSA) is 100 Å². The Balaban J connectivity index is 1.37. The Labute approximate surface area is 218 Å². The van der Waals surface area contributed by atoms with Gasteiger partial charge in [0.15, 0.2) is 0 Å². The van der Waals surface area contributed by atoms with Crippen LogP contribution in [0.4, 0.5) is 16.2 Å². The number of nitrogens with zero attached hydrogens (tertiary/aromatic N) is 1. The summed E-state index contributed by atoms with van der Waals surface area (Å²) in [5.74, 6) is 0.682. The molecule has 36 heavy (non-hydrogen) atoms. The van der Waals surface area contributed by atoms with Crippen molar-refractivity contribution in [3.63, 3.8) is 0 Å². The van der Waals surface area contributed by atoms with Gasteiger partial charge in [0, 0.05) is 40.6 Å². The molecule has 1 aliphatic rings. The van der Waals surface area contributed by atoms with Gasteiger partial charge in [-0.05, 0) is 60.9 Å². The molecule has 3 amide bonds. The van der Waals surface area contributed by atoms with Gasteiger partial charge in [-0.15, -0.1) is 0 Å². The summed E-state index contributed by atoms with van der Waals surface area (Å²) in [4.78, 5) is 27.3. The molecular weight excluding hydrogens is 526 g/mol. The fourth-order valence-corrected chi connectivity index (χ4v) is 4.41. The summed E-state index contributed by atoms with van der Waals surface area (Å²) in [7, 11) is 3.04. The maximum absolute atomic E-state index is 12.9. The Hall–Kier alpha value is -3.56. The van der Waals surface area contributed by atoms with E-state index in [2.05, 4.69) is 26.6 Å². The minimum absolute atomic E-state index is 0.256. The van der Waals surface area contributed by atoms with Crippen molar-refractivity contribution in [1.29, 1.82) is 0 Å². The lowest BCUT2D eigenvalue weighted by molar-refractivity contribution is -0.0157. The van der Waals surface area contributed by atoms with E-state index < -0.39 is 5.60 Å². The van der Waals surface area contributed by atoms with Gasteiger partial charge in [0.1, 0.15) is 11.5 Å². The third-order valence-electron chi connectivity index (χ3n) is 6.24. The second kappa shape index (κ2) is 11.0. The Morgan fingerprint density at radius 3 is 2.06 bits per heavy atom. The molecule has 3 N–H and O–H groups in total. The fourth-order valence-electron chi connectivity index (χ4n) is 4.15. The van der Waals surface area contributed by atoms with E-state index in [4.69, 9.17) is 9.47 Å². The second-order valence-corrected chi connectivity index (χ2v) is 9.51. The number of methoxy groups -OCH3 is 2. The number of anilines is 2. The molecule has 3 aromatic rings. The van der Waals surface area contributed by atoms with E-state index in [9.17, 15) is 14.7 Å². The van der Waals surface area contributed by atoms with Crippen LogP contribution in [0.15, 0.2) is 71.2 Å². The molecule has 188 valence electrons. The van der Waals surface area contributed by atoms with Gasteiger partial charge in [0.05, 0.1) is 19.8 Å². The molecule has 3 aromatic carbocycles. The number of ether oxygens (including phenoxy) is 2. The van der Waals surface area contributed by atoms with Crippen LogP contribution in [0.5, 0.6) is 11.5 Å². The zero-order valence-electron chi connectivity index (χ0n) is 20.1. The van der Waals surface area contributed by atoms with Crippen LogP contribution in [-0.2, 0) is 5.60 Å². The molecule has 0 radical (unpaired) electrons.